The maximum atomic E-state index is 11.7. The summed E-state index contributed by atoms with van der Waals surface area (Å²) in [5.41, 5.74) is -0.0221. The summed E-state index contributed by atoms with van der Waals surface area (Å²) in [7, 11) is 1.20. The maximum absolute atomic E-state index is 11.7. The number of ether oxygens (including phenoxy) is 1. The largest absolute Gasteiger partial charge is 0.465 e. The molecule has 1 heterocycles. The Balaban J connectivity index is 2.47. The lowest BCUT2D eigenvalue weighted by molar-refractivity contribution is 0.0598. The standard InChI is InChI=1S/C12H9ClN2O3/c1-18-12(17)9-6-14-10(15-11(9)16)7-3-2-4-8(13)5-7/h2-6H,1H3,(H,14,15,16). The molecule has 0 aliphatic rings. The number of aromatic nitrogens is 2. The van der Waals surface area contributed by atoms with E-state index in [4.69, 9.17) is 11.6 Å². The number of esters is 1. The molecule has 2 rings (SSSR count). The number of nitrogens with one attached hydrogen (secondary N) is 1. The number of hydrogen-bond acceptors (Lipinski definition) is 4. The first kappa shape index (κ1) is 12.3. The molecule has 18 heavy (non-hydrogen) atoms. The number of hydrogen-bond donors (Lipinski definition) is 1. The molecule has 0 atom stereocenters. The van der Waals surface area contributed by atoms with Gasteiger partial charge in [0.25, 0.3) is 5.56 Å². The molecule has 0 amide bonds. The molecule has 0 saturated carbocycles. The topological polar surface area (TPSA) is 72.0 Å². The average Bonchev–Trinajstić information content (AvgIpc) is 2.37. The fourth-order valence-electron chi connectivity index (χ4n) is 1.43. The smallest absolute Gasteiger partial charge is 0.345 e. The molecule has 5 nitrogen and oxygen atoms in total. The minimum Gasteiger partial charge on any atom is -0.465 e. The first-order valence-corrected chi connectivity index (χ1v) is 5.43. The van der Waals surface area contributed by atoms with Crippen LogP contribution < -0.4 is 5.56 Å². The van der Waals surface area contributed by atoms with E-state index in [0.29, 0.717) is 16.4 Å². The van der Waals surface area contributed by atoms with Crippen molar-refractivity contribution in [2.45, 2.75) is 0 Å². The van der Waals surface area contributed by atoms with Crippen molar-refractivity contribution in [2.24, 2.45) is 0 Å². The first-order valence-electron chi connectivity index (χ1n) is 5.05. The third kappa shape index (κ3) is 2.41. The molecule has 6 heteroatoms. The highest BCUT2D eigenvalue weighted by atomic mass is 35.5. The molecule has 1 N–H and O–H groups in total. The summed E-state index contributed by atoms with van der Waals surface area (Å²) in [4.78, 5) is 29.4. The monoisotopic (exact) mass is 264 g/mol. The van der Waals surface area contributed by atoms with Crippen LogP contribution in [0, 0.1) is 0 Å². The normalized spacial score (nSPS) is 10.1. The summed E-state index contributed by atoms with van der Waals surface area (Å²) in [6.07, 6.45) is 1.18. The van der Waals surface area contributed by atoms with Gasteiger partial charge in [0.15, 0.2) is 0 Å². The van der Waals surface area contributed by atoms with Gasteiger partial charge in [-0.1, -0.05) is 23.7 Å². The van der Waals surface area contributed by atoms with Crippen LogP contribution in [-0.2, 0) is 4.74 Å². The predicted octanol–water partition coefficient (Wildman–Crippen LogP) is 1.88. The highest BCUT2D eigenvalue weighted by Crippen LogP contribution is 2.18. The van der Waals surface area contributed by atoms with E-state index >= 15 is 0 Å². The Morgan fingerprint density at radius 1 is 1.44 bits per heavy atom. The van der Waals surface area contributed by atoms with E-state index < -0.39 is 11.5 Å². The zero-order valence-corrected chi connectivity index (χ0v) is 10.2. The predicted molar refractivity (Wildman–Crippen MR) is 66.6 cm³/mol. The SMILES string of the molecule is COC(=O)c1cnc(-c2cccc(Cl)c2)[nH]c1=O. The Morgan fingerprint density at radius 3 is 2.83 bits per heavy atom. The maximum Gasteiger partial charge on any atom is 0.345 e. The van der Waals surface area contributed by atoms with Crippen molar-refractivity contribution in [2.75, 3.05) is 7.11 Å². The van der Waals surface area contributed by atoms with Gasteiger partial charge in [-0.3, -0.25) is 4.79 Å². The van der Waals surface area contributed by atoms with Crippen LogP contribution in [0.25, 0.3) is 11.4 Å². The van der Waals surface area contributed by atoms with Crippen molar-refractivity contribution in [3.63, 3.8) is 0 Å². The highest BCUT2D eigenvalue weighted by Gasteiger charge is 2.12. The highest BCUT2D eigenvalue weighted by molar-refractivity contribution is 6.30. The van der Waals surface area contributed by atoms with E-state index in [2.05, 4.69) is 14.7 Å². The quantitative estimate of drug-likeness (QED) is 0.841. The number of aromatic amines is 1. The molecule has 2 aromatic rings. The van der Waals surface area contributed by atoms with Gasteiger partial charge < -0.3 is 9.72 Å². The third-order valence-electron chi connectivity index (χ3n) is 2.30. The molecule has 1 aromatic heterocycles. The van der Waals surface area contributed by atoms with Gasteiger partial charge in [0, 0.05) is 16.8 Å². The van der Waals surface area contributed by atoms with Gasteiger partial charge in [-0.15, -0.1) is 0 Å². The molecule has 0 radical (unpaired) electrons. The second-order valence-corrected chi connectivity index (χ2v) is 3.91. The van der Waals surface area contributed by atoms with E-state index in [1.165, 1.54) is 13.3 Å². The van der Waals surface area contributed by atoms with E-state index in [1.54, 1.807) is 24.3 Å². The number of benzene rings is 1. The van der Waals surface area contributed by atoms with Crippen molar-refractivity contribution < 1.29 is 9.53 Å². The Bertz CT molecular complexity index is 652. The zero-order valence-electron chi connectivity index (χ0n) is 9.44. The van der Waals surface area contributed by atoms with Gasteiger partial charge in [0.2, 0.25) is 0 Å². The van der Waals surface area contributed by atoms with Crippen molar-refractivity contribution in [1.82, 2.24) is 9.97 Å². The number of rotatable bonds is 2. The Morgan fingerprint density at radius 2 is 2.22 bits per heavy atom. The number of carbonyl (C=O) groups excluding carboxylic acids is 1. The molecule has 0 saturated heterocycles. The van der Waals surface area contributed by atoms with E-state index in [-0.39, 0.29) is 5.56 Å². The molecular formula is C12H9ClN2O3. The van der Waals surface area contributed by atoms with Gasteiger partial charge in [-0.05, 0) is 12.1 Å². The van der Waals surface area contributed by atoms with E-state index in [9.17, 15) is 9.59 Å². The minimum atomic E-state index is -0.721. The summed E-state index contributed by atoms with van der Waals surface area (Å²) in [6, 6.07) is 6.87. The average molecular weight is 265 g/mol. The minimum absolute atomic E-state index is 0.136. The van der Waals surface area contributed by atoms with Crippen LogP contribution in [0.3, 0.4) is 0 Å². The van der Waals surface area contributed by atoms with Crippen LogP contribution >= 0.6 is 11.6 Å². The Kier molecular flexibility index (Phi) is 3.43. The molecule has 92 valence electrons. The molecular weight excluding hydrogens is 256 g/mol. The molecule has 0 aliphatic heterocycles. The fourth-order valence-corrected chi connectivity index (χ4v) is 1.62. The van der Waals surface area contributed by atoms with Crippen molar-refractivity contribution in [1.29, 1.82) is 0 Å². The Labute approximate surface area is 107 Å². The summed E-state index contributed by atoms with van der Waals surface area (Å²) >= 11 is 5.84. The van der Waals surface area contributed by atoms with Gasteiger partial charge in [-0.25, -0.2) is 9.78 Å². The van der Waals surface area contributed by atoms with E-state index in [1.807, 2.05) is 0 Å². The van der Waals surface area contributed by atoms with Gasteiger partial charge in [0.05, 0.1) is 7.11 Å². The third-order valence-corrected chi connectivity index (χ3v) is 2.54. The van der Waals surface area contributed by atoms with Crippen molar-refractivity contribution in [3.05, 3.63) is 51.4 Å². The lowest BCUT2D eigenvalue weighted by atomic mass is 10.2. The number of halogens is 1. The summed E-state index contributed by atoms with van der Waals surface area (Å²) in [6.45, 7) is 0. The van der Waals surface area contributed by atoms with Crippen LogP contribution in [0.1, 0.15) is 10.4 Å². The molecule has 0 unspecified atom stereocenters. The van der Waals surface area contributed by atoms with Crippen LogP contribution in [0.2, 0.25) is 5.02 Å². The summed E-state index contributed by atoms with van der Waals surface area (Å²) in [5.74, 6) is -0.378. The lowest BCUT2D eigenvalue weighted by Crippen LogP contribution is -2.20. The summed E-state index contributed by atoms with van der Waals surface area (Å²) < 4.78 is 4.46. The zero-order chi connectivity index (χ0) is 13.1. The van der Waals surface area contributed by atoms with Crippen molar-refractivity contribution >= 4 is 17.6 Å². The number of nitrogens with zero attached hydrogens (tertiary/aromatic N) is 1. The van der Waals surface area contributed by atoms with Gasteiger partial charge >= 0.3 is 5.97 Å². The molecule has 0 spiro atoms. The summed E-state index contributed by atoms with van der Waals surface area (Å²) in [5, 5.41) is 0.534. The van der Waals surface area contributed by atoms with Crippen LogP contribution in [0.5, 0.6) is 0 Å². The molecule has 0 bridgehead atoms. The van der Waals surface area contributed by atoms with Crippen LogP contribution in [-0.4, -0.2) is 23.0 Å². The molecule has 0 aliphatic carbocycles. The van der Waals surface area contributed by atoms with Gasteiger partial charge in [-0.2, -0.15) is 0 Å². The second-order valence-electron chi connectivity index (χ2n) is 3.48. The fraction of sp³-hybridized carbons (Fsp3) is 0.0833. The second kappa shape index (κ2) is 5.01. The molecule has 1 aromatic carbocycles. The van der Waals surface area contributed by atoms with Crippen LogP contribution in [0.15, 0.2) is 35.3 Å². The van der Waals surface area contributed by atoms with Crippen molar-refractivity contribution in [3.8, 4) is 11.4 Å². The van der Waals surface area contributed by atoms with Crippen LogP contribution in [0.4, 0.5) is 0 Å². The molecule has 0 fully saturated rings. The van der Waals surface area contributed by atoms with Gasteiger partial charge in [0.1, 0.15) is 11.4 Å². The first-order chi connectivity index (χ1) is 8.61. The number of H-pyrrole nitrogens is 1. The number of carbonyl (C=O) groups is 1. The Hall–Kier alpha value is -2.14. The number of methoxy groups -OCH3 is 1. The van der Waals surface area contributed by atoms with E-state index in [0.717, 1.165) is 0 Å². The lowest BCUT2D eigenvalue weighted by Gasteiger charge is -2.02.